The van der Waals surface area contributed by atoms with Crippen molar-refractivity contribution < 1.29 is 9.47 Å². The lowest BCUT2D eigenvalue weighted by atomic mass is 10.1. The molecule has 0 heterocycles. The lowest BCUT2D eigenvalue weighted by Gasteiger charge is -2.41. The number of ether oxygens (including phenoxy) is 2. The summed E-state index contributed by atoms with van der Waals surface area (Å²) in [6.07, 6.45) is 18.5. The minimum atomic E-state index is -2.06. The maximum Gasteiger partial charge on any atom is 0.124 e. The summed E-state index contributed by atoms with van der Waals surface area (Å²) in [5.41, 5.74) is 5.96. The summed E-state index contributed by atoms with van der Waals surface area (Å²) in [7, 11) is 1.53. The van der Waals surface area contributed by atoms with E-state index in [1.807, 2.05) is 0 Å². The lowest BCUT2D eigenvalue weighted by molar-refractivity contribution is 0.407. The minimum Gasteiger partial charge on any atom is -0.496 e. The van der Waals surface area contributed by atoms with Gasteiger partial charge < -0.3 is 9.47 Å². The fraction of sp³-hybridized carbons (Fsp3) is 0.286. The molecule has 0 bridgehead atoms. The van der Waals surface area contributed by atoms with Gasteiger partial charge in [-0.25, -0.2) is 0 Å². The summed E-state index contributed by atoms with van der Waals surface area (Å²) in [6.45, 7) is 4.28. The van der Waals surface area contributed by atoms with E-state index in [4.69, 9.17) is 9.47 Å². The average molecular weight is 429 g/mol. The van der Waals surface area contributed by atoms with E-state index in [0.29, 0.717) is 11.1 Å². The molecule has 0 aromatic heterocycles. The Balaban J connectivity index is 1.88. The zero-order valence-corrected chi connectivity index (χ0v) is 20.0. The highest BCUT2D eigenvalue weighted by molar-refractivity contribution is 6.83. The third kappa shape index (κ3) is 4.07. The first-order valence-corrected chi connectivity index (χ1v) is 13.6. The van der Waals surface area contributed by atoms with E-state index in [0.717, 1.165) is 23.6 Å². The van der Waals surface area contributed by atoms with Crippen molar-refractivity contribution in [3.8, 4) is 11.5 Å². The van der Waals surface area contributed by atoms with Gasteiger partial charge in [-0.1, -0.05) is 85.0 Å². The topological polar surface area (TPSA) is 18.5 Å². The fourth-order valence-electron chi connectivity index (χ4n) is 5.38. The van der Waals surface area contributed by atoms with Gasteiger partial charge in [0.15, 0.2) is 0 Å². The Morgan fingerprint density at radius 1 is 0.645 bits per heavy atom. The van der Waals surface area contributed by atoms with Crippen molar-refractivity contribution in [2.75, 3.05) is 14.2 Å². The normalized spacial score (nSPS) is 15.9. The Labute approximate surface area is 187 Å². The molecule has 0 amide bonds. The van der Waals surface area contributed by atoms with Crippen LogP contribution in [0.3, 0.4) is 0 Å². The summed E-state index contributed by atoms with van der Waals surface area (Å²) in [5.74, 6) is 2.07. The third-order valence-corrected chi connectivity index (χ3v) is 12.4. The molecule has 0 N–H and O–H groups in total. The maximum atomic E-state index is 5.89. The monoisotopic (exact) mass is 428 g/mol. The number of methoxy groups -OCH3 is 2. The van der Waals surface area contributed by atoms with Crippen LogP contribution in [0.1, 0.15) is 22.3 Å². The van der Waals surface area contributed by atoms with Crippen molar-refractivity contribution in [3.63, 3.8) is 0 Å². The summed E-state index contributed by atoms with van der Waals surface area (Å²) in [6, 6.07) is 15.2. The van der Waals surface area contributed by atoms with Gasteiger partial charge in [0.2, 0.25) is 0 Å². The van der Waals surface area contributed by atoms with Gasteiger partial charge in [0.25, 0.3) is 0 Å². The molecule has 4 rings (SSSR count). The van der Waals surface area contributed by atoms with Gasteiger partial charge in [-0.05, 0) is 59.3 Å². The van der Waals surface area contributed by atoms with Crippen LogP contribution in [0.2, 0.25) is 11.1 Å². The van der Waals surface area contributed by atoms with Crippen LogP contribution in [0, 0.1) is 13.8 Å². The van der Waals surface area contributed by atoms with E-state index >= 15 is 0 Å². The van der Waals surface area contributed by atoms with E-state index in [1.165, 1.54) is 22.3 Å². The zero-order chi connectivity index (χ0) is 21.8. The number of hydrogen-bond acceptors (Lipinski definition) is 2. The molecule has 0 saturated heterocycles. The molecule has 2 aromatic rings. The standard InChI is InChI=1S/C28H32O2Si/c1-21-11-9-13-23(27(21)29-3)19-31(25-15-5-6-16-25,26-17-7-8-18-26)20-24-14-10-12-22(2)28(24)30-4/h5-18,25-26H,19-20H2,1-4H3. The second-order valence-electron chi connectivity index (χ2n) is 8.71. The van der Waals surface area contributed by atoms with Crippen LogP contribution in [-0.4, -0.2) is 22.3 Å². The molecule has 2 aromatic carbocycles. The van der Waals surface area contributed by atoms with Crippen LogP contribution < -0.4 is 9.47 Å². The molecular weight excluding hydrogens is 396 g/mol. The first-order valence-electron chi connectivity index (χ1n) is 11.0. The second-order valence-corrected chi connectivity index (χ2v) is 13.2. The van der Waals surface area contributed by atoms with Gasteiger partial charge in [0, 0.05) is 0 Å². The van der Waals surface area contributed by atoms with E-state index in [-0.39, 0.29) is 0 Å². The van der Waals surface area contributed by atoms with E-state index in [9.17, 15) is 0 Å². The highest BCUT2D eigenvalue weighted by atomic mass is 28.3. The van der Waals surface area contributed by atoms with Crippen LogP contribution in [0.4, 0.5) is 0 Å². The Morgan fingerprint density at radius 3 is 1.39 bits per heavy atom. The van der Waals surface area contributed by atoms with Crippen molar-refractivity contribution in [2.45, 2.75) is 37.0 Å². The predicted octanol–water partition coefficient (Wildman–Crippen LogP) is 6.63. The molecule has 2 nitrogen and oxygen atoms in total. The van der Waals surface area contributed by atoms with Crippen LogP contribution >= 0.6 is 0 Å². The Kier molecular flexibility index (Phi) is 6.33. The summed E-state index contributed by atoms with van der Waals surface area (Å²) in [5, 5.41) is 0. The van der Waals surface area contributed by atoms with Crippen LogP contribution in [-0.2, 0) is 12.1 Å². The summed E-state index contributed by atoms with van der Waals surface area (Å²) < 4.78 is 11.8. The van der Waals surface area contributed by atoms with E-state index in [2.05, 4.69) is 98.9 Å². The van der Waals surface area contributed by atoms with Crippen LogP contribution in [0.5, 0.6) is 11.5 Å². The highest BCUT2D eigenvalue weighted by Gasteiger charge is 2.46. The van der Waals surface area contributed by atoms with Crippen molar-refractivity contribution in [1.29, 1.82) is 0 Å². The Hall–Kier alpha value is -2.78. The third-order valence-electron chi connectivity index (χ3n) is 6.86. The predicted molar refractivity (Wildman–Crippen MR) is 133 cm³/mol. The molecule has 0 unspecified atom stereocenters. The van der Waals surface area contributed by atoms with Crippen molar-refractivity contribution >= 4 is 8.07 Å². The van der Waals surface area contributed by atoms with Gasteiger partial charge in [-0.2, -0.15) is 0 Å². The molecule has 0 fully saturated rings. The average Bonchev–Trinajstić information content (AvgIpc) is 3.48. The number of aryl methyl sites for hydroxylation is 2. The molecule has 160 valence electrons. The van der Waals surface area contributed by atoms with Crippen LogP contribution in [0.15, 0.2) is 85.0 Å². The van der Waals surface area contributed by atoms with Gasteiger partial charge >= 0.3 is 0 Å². The molecule has 0 spiro atoms. The molecule has 0 radical (unpaired) electrons. The Bertz CT molecular complexity index is 951. The van der Waals surface area contributed by atoms with E-state index < -0.39 is 8.07 Å². The van der Waals surface area contributed by atoms with Crippen molar-refractivity contribution in [1.82, 2.24) is 0 Å². The van der Waals surface area contributed by atoms with Crippen molar-refractivity contribution in [2.24, 2.45) is 0 Å². The largest absolute Gasteiger partial charge is 0.496 e. The lowest BCUT2D eigenvalue weighted by Crippen LogP contribution is -2.48. The quantitative estimate of drug-likeness (QED) is 0.440. The van der Waals surface area contributed by atoms with E-state index in [1.54, 1.807) is 14.2 Å². The number of rotatable bonds is 8. The molecule has 3 heteroatoms. The molecule has 2 aliphatic carbocycles. The van der Waals surface area contributed by atoms with Crippen LogP contribution in [0.25, 0.3) is 0 Å². The van der Waals surface area contributed by atoms with Gasteiger partial charge in [-0.15, -0.1) is 0 Å². The molecular formula is C28H32O2Si. The zero-order valence-electron chi connectivity index (χ0n) is 19.0. The van der Waals surface area contributed by atoms with Gasteiger partial charge in [-0.3, -0.25) is 0 Å². The van der Waals surface area contributed by atoms with Gasteiger partial charge in [0.1, 0.15) is 11.5 Å². The van der Waals surface area contributed by atoms with Gasteiger partial charge in [0.05, 0.1) is 22.3 Å². The number of para-hydroxylation sites is 2. The minimum absolute atomic E-state index is 0.459. The highest BCUT2D eigenvalue weighted by Crippen LogP contribution is 2.47. The summed E-state index contributed by atoms with van der Waals surface area (Å²) >= 11 is 0. The SMILES string of the molecule is COc1c(C)cccc1C[Si](Cc1cccc(C)c1OC)(C1C=CC=C1)C1C=CC=C1. The molecule has 0 aliphatic heterocycles. The summed E-state index contributed by atoms with van der Waals surface area (Å²) in [4.78, 5) is 0. The first-order chi connectivity index (χ1) is 15.1. The number of benzene rings is 2. The smallest absolute Gasteiger partial charge is 0.124 e. The molecule has 31 heavy (non-hydrogen) atoms. The second kappa shape index (κ2) is 9.15. The molecule has 2 aliphatic rings. The van der Waals surface area contributed by atoms with Crippen molar-refractivity contribution in [3.05, 3.63) is 107 Å². The molecule has 0 saturated carbocycles. The first kappa shape index (κ1) is 21.4. The molecule has 0 atom stereocenters. The number of hydrogen-bond donors (Lipinski definition) is 0. The Morgan fingerprint density at radius 2 is 1.03 bits per heavy atom. The number of allylic oxidation sites excluding steroid dienone is 8. The maximum absolute atomic E-state index is 5.89. The fourth-order valence-corrected chi connectivity index (χ4v) is 10.8.